The van der Waals surface area contributed by atoms with E-state index in [4.69, 9.17) is 33.4 Å². The lowest BCUT2D eigenvalue weighted by atomic mass is 10.2. The average Bonchev–Trinajstić information content (AvgIpc) is 2.71. The second-order valence-corrected chi connectivity index (χ2v) is 3.93. The van der Waals surface area contributed by atoms with Crippen LogP contribution in [0.3, 0.4) is 0 Å². The maximum absolute atomic E-state index is 6.03. The Labute approximate surface area is 102 Å². The molecule has 4 nitrogen and oxygen atoms in total. The van der Waals surface area contributed by atoms with E-state index in [1.165, 1.54) is 0 Å². The van der Waals surface area contributed by atoms with Gasteiger partial charge in [-0.15, -0.1) is 10.2 Å². The molecule has 0 amide bonds. The number of rotatable bonds is 3. The van der Waals surface area contributed by atoms with Gasteiger partial charge in [-0.05, 0) is 12.1 Å². The van der Waals surface area contributed by atoms with E-state index in [0.29, 0.717) is 40.4 Å². The molecule has 2 aromatic rings. The van der Waals surface area contributed by atoms with Crippen LogP contribution in [0.5, 0.6) is 0 Å². The van der Waals surface area contributed by atoms with Crippen LogP contribution in [0.1, 0.15) is 5.89 Å². The smallest absolute Gasteiger partial charge is 0.249 e. The topological polar surface area (TPSA) is 64.9 Å². The van der Waals surface area contributed by atoms with Gasteiger partial charge in [0.15, 0.2) is 0 Å². The molecule has 1 aromatic carbocycles. The van der Waals surface area contributed by atoms with Crippen LogP contribution in [0, 0.1) is 0 Å². The molecule has 2 rings (SSSR count). The van der Waals surface area contributed by atoms with Gasteiger partial charge in [-0.1, -0.05) is 29.3 Å². The minimum Gasteiger partial charge on any atom is -0.421 e. The standard InChI is InChI=1S/C10H9Cl2N3O/c11-7-3-1-2-6(9(7)12)10-15-14-8(16-10)4-5-13/h1-3H,4-5,13H2. The molecule has 0 spiro atoms. The molecule has 16 heavy (non-hydrogen) atoms. The van der Waals surface area contributed by atoms with Crippen molar-refractivity contribution in [2.45, 2.75) is 6.42 Å². The average molecular weight is 258 g/mol. The summed E-state index contributed by atoms with van der Waals surface area (Å²) in [6, 6.07) is 5.24. The van der Waals surface area contributed by atoms with Crippen molar-refractivity contribution in [2.75, 3.05) is 6.54 Å². The van der Waals surface area contributed by atoms with E-state index in [1.807, 2.05) is 0 Å². The molecule has 2 N–H and O–H groups in total. The van der Waals surface area contributed by atoms with E-state index in [-0.39, 0.29) is 0 Å². The van der Waals surface area contributed by atoms with Crippen LogP contribution in [-0.4, -0.2) is 16.7 Å². The van der Waals surface area contributed by atoms with Gasteiger partial charge < -0.3 is 10.2 Å². The fraction of sp³-hybridized carbons (Fsp3) is 0.200. The van der Waals surface area contributed by atoms with Crippen molar-refractivity contribution >= 4 is 23.2 Å². The third kappa shape index (κ3) is 2.19. The predicted molar refractivity (Wildman–Crippen MR) is 62.5 cm³/mol. The van der Waals surface area contributed by atoms with Gasteiger partial charge in [0.2, 0.25) is 11.8 Å². The zero-order valence-electron chi connectivity index (χ0n) is 8.28. The molecule has 0 aliphatic carbocycles. The van der Waals surface area contributed by atoms with Gasteiger partial charge >= 0.3 is 0 Å². The molecule has 0 fully saturated rings. The Hall–Kier alpha value is -1.10. The zero-order chi connectivity index (χ0) is 11.5. The molecule has 0 saturated heterocycles. The normalized spacial score (nSPS) is 10.7. The Morgan fingerprint density at radius 1 is 1.25 bits per heavy atom. The van der Waals surface area contributed by atoms with Crippen molar-refractivity contribution in [3.05, 3.63) is 34.1 Å². The van der Waals surface area contributed by atoms with Gasteiger partial charge in [0.25, 0.3) is 0 Å². The molecule has 0 saturated carbocycles. The summed E-state index contributed by atoms with van der Waals surface area (Å²) in [6.07, 6.45) is 0.547. The Bertz CT molecular complexity index is 499. The van der Waals surface area contributed by atoms with E-state index >= 15 is 0 Å². The second-order valence-electron chi connectivity index (χ2n) is 3.14. The van der Waals surface area contributed by atoms with E-state index in [0.717, 1.165) is 0 Å². The molecule has 0 radical (unpaired) electrons. The minimum atomic E-state index is 0.357. The summed E-state index contributed by atoms with van der Waals surface area (Å²) in [7, 11) is 0. The van der Waals surface area contributed by atoms with Gasteiger partial charge in [0, 0.05) is 13.0 Å². The monoisotopic (exact) mass is 257 g/mol. The van der Waals surface area contributed by atoms with Crippen molar-refractivity contribution < 1.29 is 4.42 Å². The van der Waals surface area contributed by atoms with Crippen molar-refractivity contribution in [3.63, 3.8) is 0 Å². The highest BCUT2D eigenvalue weighted by Crippen LogP contribution is 2.32. The van der Waals surface area contributed by atoms with Crippen molar-refractivity contribution in [1.82, 2.24) is 10.2 Å². The molecule has 0 aliphatic rings. The third-order valence-electron chi connectivity index (χ3n) is 2.01. The van der Waals surface area contributed by atoms with Crippen LogP contribution in [-0.2, 0) is 6.42 Å². The first-order chi connectivity index (χ1) is 7.72. The predicted octanol–water partition coefficient (Wildman–Crippen LogP) is 2.54. The highest BCUT2D eigenvalue weighted by Gasteiger charge is 2.13. The Balaban J connectivity index is 2.39. The number of benzene rings is 1. The van der Waals surface area contributed by atoms with E-state index < -0.39 is 0 Å². The van der Waals surface area contributed by atoms with Crippen molar-refractivity contribution in [3.8, 4) is 11.5 Å². The molecular formula is C10H9Cl2N3O. The first-order valence-electron chi connectivity index (χ1n) is 4.69. The fourth-order valence-corrected chi connectivity index (χ4v) is 1.64. The van der Waals surface area contributed by atoms with Gasteiger partial charge in [-0.3, -0.25) is 0 Å². The Kier molecular flexibility index (Phi) is 3.43. The van der Waals surface area contributed by atoms with Crippen LogP contribution >= 0.6 is 23.2 Å². The lowest BCUT2D eigenvalue weighted by molar-refractivity contribution is 0.507. The molecule has 0 bridgehead atoms. The first-order valence-corrected chi connectivity index (χ1v) is 5.45. The van der Waals surface area contributed by atoms with Crippen molar-refractivity contribution in [2.24, 2.45) is 5.73 Å². The summed E-state index contributed by atoms with van der Waals surface area (Å²) in [5.74, 6) is 0.851. The molecule has 0 unspecified atom stereocenters. The number of nitrogens with two attached hydrogens (primary N) is 1. The van der Waals surface area contributed by atoms with Gasteiger partial charge in [0.05, 0.1) is 15.6 Å². The summed E-state index contributed by atoms with van der Waals surface area (Å²) in [5.41, 5.74) is 6.02. The largest absolute Gasteiger partial charge is 0.421 e. The van der Waals surface area contributed by atoms with Crippen LogP contribution < -0.4 is 5.73 Å². The first kappa shape index (κ1) is 11.4. The highest BCUT2D eigenvalue weighted by atomic mass is 35.5. The molecule has 6 heteroatoms. The minimum absolute atomic E-state index is 0.357. The number of aromatic nitrogens is 2. The number of halogens is 2. The lowest BCUT2D eigenvalue weighted by Gasteiger charge is -1.99. The maximum Gasteiger partial charge on any atom is 0.249 e. The Morgan fingerprint density at radius 3 is 2.81 bits per heavy atom. The molecule has 0 aliphatic heterocycles. The van der Waals surface area contributed by atoms with Crippen LogP contribution in [0.25, 0.3) is 11.5 Å². The number of hydrogen-bond acceptors (Lipinski definition) is 4. The highest BCUT2D eigenvalue weighted by molar-refractivity contribution is 6.43. The summed E-state index contributed by atoms with van der Waals surface area (Å²) >= 11 is 11.9. The van der Waals surface area contributed by atoms with E-state index in [1.54, 1.807) is 18.2 Å². The van der Waals surface area contributed by atoms with Crippen LogP contribution in [0.4, 0.5) is 0 Å². The fourth-order valence-electron chi connectivity index (χ4n) is 1.26. The van der Waals surface area contributed by atoms with Crippen LogP contribution in [0.2, 0.25) is 10.0 Å². The number of hydrogen-bond donors (Lipinski definition) is 1. The Morgan fingerprint density at radius 2 is 2.06 bits per heavy atom. The number of nitrogens with zero attached hydrogens (tertiary/aromatic N) is 2. The van der Waals surface area contributed by atoms with Crippen LogP contribution in [0.15, 0.2) is 22.6 Å². The lowest BCUT2D eigenvalue weighted by Crippen LogP contribution is -2.02. The summed E-state index contributed by atoms with van der Waals surface area (Å²) in [6.45, 7) is 0.463. The SMILES string of the molecule is NCCc1nnc(-c2cccc(Cl)c2Cl)o1. The quantitative estimate of drug-likeness (QED) is 0.918. The summed E-state index contributed by atoms with van der Waals surface area (Å²) < 4.78 is 5.40. The van der Waals surface area contributed by atoms with E-state index in [9.17, 15) is 0 Å². The molecule has 1 aromatic heterocycles. The molecule has 1 heterocycles. The van der Waals surface area contributed by atoms with Gasteiger partial charge in [-0.25, -0.2) is 0 Å². The van der Waals surface area contributed by atoms with Crippen molar-refractivity contribution in [1.29, 1.82) is 0 Å². The molecule has 0 atom stereocenters. The van der Waals surface area contributed by atoms with E-state index in [2.05, 4.69) is 10.2 Å². The summed E-state index contributed by atoms with van der Waals surface area (Å²) in [4.78, 5) is 0. The summed E-state index contributed by atoms with van der Waals surface area (Å²) in [5, 5.41) is 8.61. The molecule has 84 valence electrons. The molecular weight excluding hydrogens is 249 g/mol. The zero-order valence-corrected chi connectivity index (χ0v) is 9.79. The maximum atomic E-state index is 6.03. The van der Waals surface area contributed by atoms with Gasteiger partial charge in [0.1, 0.15) is 0 Å². The van der Waals surface area contributed by atoms with Gasteiger partial charge in [-0.2, -0.15) is 0 Å². The second kappa shape index (κ2) is 4.82. The third-order valence-corrected chi connectivity index (χ3v) is 2.83.